The zero-order chi connectivity index (χ0) is 24.2. The molecule has 0 saturated heterocycles. The topological polar surface area (TPSA) is 60.7 Å². The van der Waals surface area contributed by atoms with E-state index in [9.17, 15) is 15.3 Å². The second-order valence-corrected chi connectivity index (χ2v) is 15.4. The van der Waals surface area contributed by atoms with Crippen LogP contribution in [0.5, 0.6) is 0 Å². The second-order valence-electron chi connectivity index (χ2n) is 15.4. The van der Waals surface area contributed by atoms with Crippen molar-refractivity contribution in [1.29, 1.82) is 0 Å². The molecule has 0 radical (unpaired) electrons. The maximum atomic E-state index is 11.2. The van der Waals surface area contributed by atoms with Crippen LogP contribution in [0.1, 0.15) is 113 Å². The van der Waals surface area contributed by atoms with E-state index in [1.165, 1.54) is 38.5 Å². The largest absolute Gasteiger partial charge is 0.396 e. The van der Waals surface area contributed by atoms with Gasteiger partial charge in [-0.1, -0.05) is 34.6 Å². The monoisotopic (exact) mass is 460 g/mol. The minimum atomic E-state index is -0.676. The number of aliphatic hydroxyl groups excluding tert-OH is 2. The predicted molar refractivity (Wildman–Crippen MR) is 134 cm³/mol. The fourth-order valence-electron chi connectivity index (χ4n) is 11.8. The van der Waals surface area contributed by atoms with Crippen molar-refractivity contribution in [2.24, 2.45) is 56.7 Å². The Bertz CT molecular complexity index is 784. The van der Waals surface area contributed by atoms with Gasteiger partial charge in [0.15, 0.2) is 0 Å². The standard InChI is InChI=1S/C30H52O3/c1-25(2)21-11-14-29(7)22(27(21,5)13-12-23(25)32)9-8-20-24-19(26(3,4)33)10-15-30(24,18-31)17-16-28(20,29)6/h19-24,31-33H,8-18H2,1-7H3. The van der Waals surface area contributed by atoms with Crippen LogP contribution in [0.4, 0.5) is 0 Å². The Kier molecular flexibility index (Phi) is 5.38. The lowest BCUT2D eigenvalue weighted by Gasteiger charge is -2.73. The Morgan fingerprint density at radius 1 is 0.758 bits per heavy atom. The van der Waals surface area contributed by atoms with E-state index in [-0.39, 0.29) is 22.3 Å². The van der Waals surface area contributed by atoms with Crippen molar-refractivity contribution in [1.82, 2.24) is 0 Å². The number of hydrogen-bond donors (Lipinski definition) is 3. The van der Waals surface area contributed by atoms with Crippen LogP contribution in [-0.2, 0) is 0 Å². The third-order valence-electron chi connectivity index (χ3n) is 13.8. The van der Waals surface area contributed by atoms with E-state index in [1.54, 1.807) is 0 Å². The molecule has 0 spiro atoms. The fourth-order valence-corrected chi connectivity index (χ4v) is 11.8. The molecule has 3 heteroatoms. The summed E-state index contributed by atoms with van der Waals surface area (Å²) in [6.07, 6.45) is 11.5. The molecule has 5 fully saturated rings. The smallest absolute Gasteiger partial charge is 0.0622 e. The van der Waals surface area contributed by atoms with Crippen molar-refractivity contribution in [3.8, 4) is 0 Å². The highest BCUT2D eigenvalue weighted by Gasteiger charge is 2.71. The second kappa shape index (κ2) is 7.22. The number of aliphatic hydroxyl groups is 3. The third-order valence-corrected chi connectivity index (χ3v) is 13.8. The molecule has 3 nitrogen and oxygen atoms in total. The van der Waals surface area contributed by atoms with Crippen LogP contribution in [0.2, 0.25) is 0 Å². The van der Waals surface area contributed by atoms with Crippen molar-refractivity contribution in [3.05, 3.63) is 0 Å². The van der Waals surface area contributed by atoms with E-state index in [2.05, 4.69) is 34.6 Å². The maximum Gasteiger partial charge on any atom is 0.0622 e. The van der Waals surface area contributed by atoms with Crippen LogP contribution in [0.25, 0.3) is 0 Å². The van der Waals surface area contributed by atoms with E-state index in [0.29, 0.717) is 47.0 Å². The number of fused-ring (bicyclic) bond motifs is 7. The predicted octanol–water partition coefficient (Wildman–Crippen LogP) is 6.19. The molecular weight excluding hydrogens is 408 g/mol. The molecule has 0 aromatic heterocycles. The zero-order valence-corrected chi connectivity index (χ0v) is 22.6. The van der Waals surface area contributed by atoms with E-state index in [4.69, 9.17) is 0 Å². The van der Waals surface area contributed by atoms with Crippen LogP contribution >= 0.6 is 0 Å². The van der Waals surface area contributed by atoms with Gasteiger partial charge in [0.25, 0.3) is 0 Å². The summed E-state index contributed by atoms with van der Waals surface area (Å²) in [5.41, 5.74) is 0.221. The molecule has 0 aromatic rings. The van der Waals surface area contributed by atoms with Crippen LogP contribution < -0.4 is 0 Å². The van der Waals surface area contributed by atoms with Gasteiger partial charge in [0.05, 0.1) is 11.7 Å². The van der Waals surface area contributed by atoms with Gasteiger partial charge in [-0.3, -0.25) is 0 Å². The average molecular weight is 461 g/mol. The van der Waals surface area contributed by atoms with Gasteiger partial charge in [0, 0.05) is 6.61 Å². The number of rotatable bonds is 2. The summed E-state index contributed by atoms with van der Waals surface area (Å²) >= 11 is 0. The Morgan fingerprint density at radius 3 is 2.09 bits per heavy atom. The molecule has 5 aliphatic rings. The summed E-state index contributed by atoms with van der Waals surface area (Å²) in [6, 6.07) is 0. The lowest BCUT2D eigenvalue weighted by atomic mass is 9.32. The molecule has 5 rings (SSSR count). The molecule has 5 aliphatic carbocycles. The quantitative estimate of drug-likeness (QED) is 0.460. The van der Waals surface area contributed by atoms with Crippen molar-refractivity contribution < 1.29 is 15.3 Å². The van der Waals surface area contributed by atoms with Crippen LogP contribution in [0, 0.1) is 56.7 Å². The summed E-state index contributed by atoms with van der Waals surface area (Å²) in [5, 5.41) is 32.8. The van der Waals surface area contributed by atoms with E-state index >= 15 is 0 Å². The maximum absolute atomic E-state index is 11.2. The molecule has 33 heavy (non-hydrogen) atoms. The summed E-state index contributed by atoms with van der Waals surface area (Å²) in [7, 11) is 0. The average Bonchev–Trinajstić information content (AvgIpc) is 3.12. The van der Waals surface area contributed by atoms with Crippen molar-refractivity contribution >= 4 is 0 Å². The summed E-state index contributed by atoms with van der Waals surface area (Å²) in [4.78, 5) is 0. The first-order valence-electron chi connectivity index (χ1n) is 14.2. The van der Waals surface area contributed by atoms with Gasteiger partial charge in [0.2, 0.25) is 0 Å². The lowest BCUT2D eigenvalue weighted by Crippen LogP contribution is -2.67. The lowest BCUT2D eigenvalue weighted by molar-refractivity contribution is -0.253. The Labute approximate surface area is 203 Å². The number of hydrogen-bond acceptors (Lipinski definition) is 3. The minimum Gasteiger partial charge on any atom is -0.396 e. The summed E-state index contributed by atoms with van der Waals surface area (Å²) in [6.45, 7) is 16.9. The first-order chi connectivity index (χ1) is 15.2. The van der Waals surface area contributed by atoms with Gasteiger partial charge in [-0.2, -0.15) is 0 Å². The molecule has 0 amide bonds. The van der Waals surface area contributed by atoms with Crippen LogP contribution in [0.3, 0.4) is 0 Å². The van der Waals surface area contributed by atoms with E-state index in [1.807, 2.05) is 13.8 Å². The molecule has 0 heterocycles. The van der Waals surface area contributed by atoms with Crippen molar-refractivity contribution in [2.45, 2.75) is 124 Å². The van der Waals surface area contributed by atoms with Gasteiger partial charge >= 0.3 is 0 Å². The Morgan fingerprint density at radius 2 is 1.45 bits per heavy atom. The highest BCUT2D eigenvalue weighted by atomic mass is 16.3. The molecule has 190 valence electrons. The Hall–Kier alpha value is -0.120. The molecule has 0 aromatic carbocycles. The zero-order valence-electron chi connectivity index (χ0n) is 22.6. The normalized spacial score (nSPS) is 55.8. The van der Waals surface area contributed by atoms with Crippen molar-refractivity contribution in [3.63, 3.8) is 0 Å². The first kappa shape index (κ1) is 24.6. The molecule has 5 saturated carbocycles. The van der Waals surface area contributed by atoms with Gasteiger partial charge < -0.3 is 15.3 Å². The fraction of sp³-hybridized carbons (Fsp3) is 1.00. The first-order valence-corrected chi connectivity index (χ1v) is 14.2. The highest BCUT2D eigenvalue weighted by molar-refractivity contribution is 5.20. The molecule has 0 aliphatic heterocycles. The highest BCUT2D eigenvalue weighted by Crippen LogP contribution is 2.77. The van der Waals surface area contributed by atoms with E-state index < -0.39 is 5.60 Å². The van der Waals surface area contributed by atoms with Crippen molar-refractivity contribution in [2.75, 3.05) is 6.61 Å². The molecule has 10 atom stereocenters. The van der Waals surface area contributed by atoms with Gasteiger partial charge in [-0.25, -0.2) is 0 Å². The molecule has 10 unspecified atom stereocenters. The Balaban J connectivity index is 1.55. The molecule has 0 bridgehead atoms. The minimum absolute atomic E-state index is 0.00213. The SMILES string of the molecule is CC(C)(O)C1CCC2(CO)CCC3(C)C(CCC4C5(C)CCC(O)C(C)(C)C5CCC43C)C12. The molecular formula is C30H52O3. The van der Waals surface area contributed by atoms with Crippen LogP contribution in [0.15, 0.2) is 0 Å². The van der Waals surface area contributed by atoms with Gasteiger partial charge in [-0.05, 0) is 135 Å². The summed E-state index contributed by atoms with van der Waals surface area (Å²) in [5.74, 6) is 2.64. The third kappa shape index (κ3) is 2.97. The van der Waals surface area contributed by atoms with E-state index in [0.717, 1.165) is 25.7 Å². The summed E-state index contributed by atoms with van der Waals surface area (Å²) < 4.78 is 0. The molecule has 3 N–H and O–H groups in total. The van der Waals surface area contributed by atoms with Crippen LogP contribution in [-0.4, -0.2) is 33.6 Å². The van der Waals surface area contributed by atoms with Gasteiger partial charge in [0.1, 0.15) is 0 Å². The van der Waals surface area contributed by atoms with Gasteiger partial charge in [-0.15, -0.1) is 0 Å².